The fourth-order valence-corrected chi connectivity index (χ4v) is 1.07. The highest BCUT2D eigenvalue weighted by Crippen LogP contribution is 2.14. The Morgan fingerprint density at radius 3 is 2.78 bits per heavy atom. The van der Waals surface area contributed by atoms with Crippen LogP contribution in [0.25, 0.3) is 0 Å². The quantitative estimate of drug-likeness (QED) is 0.427. The summed E-state index contributed by atoms with van der Waals surface area (Å²) in [5.41, 5.74) is 0. The van der Waals surface area contributed by atoms with Gasteiger partial charge in [-0.25, -0.2) is 5.06 Å². The van der Waals surface area contributed by atoms with Crippen LogP contribution in [-0.4, -0.2) is 27.6 Å². The van der Waals surface area contributed by atoms with Gasteiger partial charge >= 0.3 is 0 Å². The molecule has 0 amide bonds. The highest BCUT2D eigenvalue weighted by molar-refractivity contribution is 7.80. The van der Waals surface area contributed by atoms with Crippen LogP contribution in [0.1, 0.15) is 12.8 Å². The molecule has 50 valence electrons. The van der Waals surface area contributed by atoms with Crippen molar-refractivity contribution in [3.63, 3.8) is 0 Å². The molecule has 0 spiro atoms. The largest absolute Gasteiger partial charge is 0.301 e. The Kier molecular flexibility index (Phi) is 1.78. The lowest BCUT2D eigenvalue weighted by molar-refractivity contribution is -0.120. The summed E-state index contributed by atoms with van der Waals surface area (Å²) >= 11 is 4.70. The highest BCUT2D eigenvalue weighted by Gasteiger charge is 2.25. The number of carbonyl (C=O) groups excluding carboxylic acids is 1. The summed E-state index contributed by atoms with van der Waals surface area (Å²) in [6.07, 6.45) is 2.01. The number of rotatable bonds is 1. The van der Waals surface area contributed by atoms with E-state index < -0.39 is 6.04 Å². The molecular formula is C5H7NO2S. The van der Waals surface area contributed by atoms with Crippen molar-refractivity contribution >= 4 is 23.5 Å². The summed E-state index contributed by atoms with van der Waals surface area (Å²) in [5, 5.41) is 9.78. The lowest BCUT2D eigenvalue weighted by Gasteiger charge is -2.11. The molecule has 1 aliphatic heterocycles. The molecule has 1 fully saturated rings. The van der Waals surface area contributed by atoms with E-state index in [0.29, 0.717) is 24.1 Å². The Morgan fingerprint density at radius 2 is 2.56 bits per heavy atom. The van der Waals surface area contributed by atoms with Crippen molar-refractivity contribution in [2.24, 2.45) is 0 Å². The summed E-state index contributed by atoms with van der Waals surface area (Å²) in [5.74, 6) is 0. The molecule has 0 aliphatic carbocycles. The van der Waals surface area contributed by atoms with E-state index in [4.69, 9.17) is 17.4 Å². The van der Waals surface area contributed by atoms with Gasteiger partial charge < -0.3 is 4.79 Å². The smallest absolute Gasteiger partial charge is 0.145 e. The molecule has 1 N–H and O–H groups in total. The molecule has 1 saturated heterocycles. The van der Waals surface area contributed by atoms with Gasteiger partial charge in [-0.15, -0.1) is 0 Å². The molecule has 9 heavy (non-hydrogen) atoms. The number of nitrogens with zero attached hydrogens (tertiary/aromatic N) is 1. The third-order valence-electron chi connectivity index (χ3n) is 1.38. The molecule has 4 heteroatoms. The number of hydrogen-bond acceptors (Lipinski definition) is 3. The van der Waals surface area contributed by atoms with E-state index in [1.165, 1.54) is 0 Å². The van der Waals surface area contributed by atoms with Gasteiger partial charge in [0.05, 0.1) is 0 Å². The Morgan fingerprint density at radius 1 is 1.89 bits per heavy atom. The Bertz CT molecular complexity index is 148. The van der Waals surface area contributed by atoms with Gasteiger partial charge in [-0.05, 0) is 6.42 Å². The maximum absolute atomic E-state index is 10.1. The summed E-state index contributed by atoms with van der Waals surface area (Å²) in [7, 11) is 0. The molecular weight excluding hydrogens is 138 g/mol. The Hall–Kier alpha value is -0.480. The van der Waals surface area contributed by atoms with E-state index in [9.17, 15) is 4.79 Å². The van der Waals surface area contributed by atoms with Gasteiger partial charge in [0.25, 0.3) is 0 Å². The van der Waals surface area contributed by atoms with Crippen LogP contribution in [0.15, 0.2) is 0 Å². The number of carbonyl (C=O) groups is 1. The van der Waals surface area contributed by atoms with E-state index >= 15 is 0 Å². The van der Waals surface area contributed by atoms with Crippen molar-refractivity contribution in [2.75, 3.05) is 0 Å². The van der Waals surface area contributed by atoms with Crippen LogP contribution in [0, 0.1) is 0 Å². The van der Waals surface area contributed by atoms with Gasteiger partial charge in [0.15, 0.2) is 0 Å². The number of aldehydes is 1. The summed E-state index contributed by atoms with van der Waals surface area (Å²) in [6, 6.07) is -0.391. The van der Waals surface area contributed by atoms with Crippen molar-refractivity contribution in [3.05, 3.63) is 0 Å². The van der Waals surface area contributed by atoms with Crippen LogP contribution in [0.2, 0.25) is 0 Å². The van der Waals surface area contributed by atoms with Crippen molar-refractivity contribution in [1.82, 2.24) is 5.06 Å². The third kappa shape index (κ3) is 1.09. The Labute approximate surface area is 58.2 Å². The summed E-state index contributed by atoms with van der Waals surface area (Å²) < 4.78 is 0. The second kappa shape index (κ2) is 2.41. The minimum absolute atomic E-state index is 0.391. The standard InChI is InChI=1S/C5H7NO2S/c7-3-4-1-2-5(9)6(4)8/h3-4,8H,1-2H2. The van der Waals surface area contributed by atoms with Crippen LogP contribution >= 0.6 is 12.2 Å². The minimum atomic E-state index is -0.391. The molecule has 1 aliphatic rings. The molecule has 1 heterocycles. The second-order valence-electron chi connectivity index (χ2n) is 1.98. The third-order valence-corrected chi connectivity index (χ3v) is 1.77. The predicted octanol–water partition coefficient (Wildman–Crippen LogP) is 0.366. The van der Waals surface area contributed by atoms with Crippen molar-refractivity contribution in [1.29, 1.82) is 0 Å². The summed E-state index contributed by atoms with van der Waals surface area (Å²) in [6.45, 7) is 0. The monoisotopic (exact) mass is 145 g/mol. The van der Waals surface area contributed by atoms with Crippen molar-refractivity contribution < 1.29 is 10.0 Å². The maximum atomic E-state index is 10.1. The van der Waals surface area contributed by atoms with E-state index in [-0.39, 0.29) is 0 Å². The van der Waals surface area contributed by atoms with E-state index in [1.807, 2.05) is 0 Å². The molecule has 0 aromatic heterocycles. The predicted molar refractivity (Wildman–Crippen MR) is 35.3 cm³/mol. The second-order valence-corrected chi connectivity index (χ2v) is 2.45. The number of hydroxylamine groups is 2. The van der Waals surface area contributed by atoms with E-state index in [0.717, 1.165) is 5.06 Å². The number of thiocarbonyl (C=S) groups is 1. The first-order chi connectivity index (χ1) is 4.25. The molecule has 0 saturated carbocycles. The van der Waals surface area contributed by atoms with Gasteiger partial charge in [0.1, 0.15) is 17.3 Å². The summed E-state index contributed by atoms with van der Waals surface area (Å²) in [4.78, 5) is 10.6. The van der Waals surface area contributed by atoms with Crippen LogP contribution < -0.4 is 0 Å². The molecule has 0 aromatic rings. The molecule has 3 nitrogen and oxygen atoms in total. The molecule has 1 atom stereocenters. The van der Waals surface area contributed by atoms with Crippen LogP contribution in [0.5, 0.6) is 0 Å². The van der Waals surface area contributed by atoms with Crippen LogP contribution in [-0.2, 0) is 4.79 Å². The first kappa shape index (κ1) is 6.64. The van der Waals surface area contributed by atoms with Crippen LogP contribution in [0.4, 0.5) is 0 Å². The average Bonchev–Trinajstić information content (AvgIpc) is 2.15. The zero-order chi connectivity index (χ0) is 6.85. The van der Waals surface area contributed by atoms with Gasteiger partial charge in [-0.1, -0.05) is 12.2 Å². The fourth-order valence-electron chi connectivity index (χ4n) is 0.819. The van der Waals surface area contributed by atoms with Crippen molar-refractivity contribution in [3.8, 4) is 0 Å². The first-order valence-electron chi connectivity index (χ1n) is 2.72. The SMILES string of the molecule is O=CC1CCC(=S)N1O. The lowest BCUT2D eigenvalue weighted by atomic mass is 10.2. The van der Waals surface area contributed by atoms with E-state index in [2.05, 4.69) is 0 Å². The topological polar surface area (TPSA) is 40.5 Å². The zero-order valence-electron chi connectivity index (χ0n) is 4.78. The molecule has 0 bridgehead atoms. The van der Waals surface area contributed by atoms with Gasteiger partial charge in [0, 0.05) is 6.42 Å². The zero-order valence-corrected chi connectivity index (χ0v) is 5.60. The Balaban J connectivity index is 2.61. The minimum Gasteiger partial charge on any atom is -0.301 e. The first-order valence-corrected chi connectivity index (χ1v) is 3.13. The average molecular weight is 145 g/mol. The highest BCUT2D eigenvalue weighted by atomic mass is 32.1. The molecule has 0 aromatic carbocycles. The van der Waals surface area contributed by atoms with Crippen molar-refractivity contribution in [2.45, 2.75) is 18.9 Å². The lowest BCUT2D eigenvalue weighted by Crippen LogP contribution is -2.29. The normalized spacial score (nSPS) is 27.0. The van der Waals surface area contributed by atoms with Gasteiger partial charge in [-0.3, -0.25) is 5.21 Å². The molecule has 0 radical (unpaired) electrons. The molecule has 1 unspecified atom stereocenters. The number of hydrogen-bond donors (Lipinski definition) is 1. The van der Waals surface area contributed by atoms with Crippen LogP contribution in [0.3, 0.4) is 0 Å². The van der Waals surface area contributed by atoms with E-state index in [1.54, 1.807) is 0 Å². The maximum Gasteiger partial charge on any atom is 0.145 e. The fraction of sp³-hybridized carbons (Fsp3) is 0.600. The van der Waals surface area contributed by atoms with Gasteiger partial charge in [-0.2, -0.15) is 0 Å². The van der Waals surface area contributed by atoms with Gasteiger partial charge in [0.2, 0.25) is 0 Å². The molecule has 1 rings (SSSR count).